The summed E-state index contributed by atoms with van der Waals surface area (Å²) >= 11 is 5.70. The molecule has 2 aromatic rings. The molecule has 1 aliphatic heterocycles. The summed E-state index contributed by atoms with van der Waals surface area (Å²) in [6.07, 6.45) is 2.75. The van der Waals surface area contributed by atoms with Crippen molar-refractivity contribution in [3.8, 4) is 0 Å². The molecular formula is C18H20ClNO5S. The molecule has 1 saturated heterocycles. The fourth-order valence-electron chi connectivity index (χ4n) is 2.66. The van der Waals surface area contributed by atoms with E-state index in [4.69, 9.17) is 21.1 Å². The van der Waals surface area contributed by atoms with Crippen molar-refractivity contribution in [1.82, 2.24) is 3.97 Å². The van der Waals surface area contributed by atoms with E-state index < -0.39 is 16.3 Å². The van der Waals surface area contributed by atoms with E-state index in [0.29, 0.717) is 24.5 Å². The van der Waals surface area contributed by atoms with E-state index in [0.717, 1.165) is 9.54 Å². The van der Waals surface area contributed by atoms with Crippen molar-refractivity contribution in [1.29, 1.82) is 0 Å². The van der Waals surface area contributed by atoms with Crippen LogP contribution in [0.15, 0.2) is 47.6 Å². The number of benzene rings is 1. The van der Waals surface area contributed by atoms with Crippen molar-refractivity contribution in [2.24, 2.45) is 0 Å². The molecule has 1 aromatic carbocycles. The standard InChI is InChI=1S/C18H20ClNO5S/c1-13-2-4-16(5-3-13)26(22,23)20-9-8-14(11-20)17(21)6-7-18-24-12-15(10-19)25-18/h2-5,8-9,11,15,18H,6-7,10,12H2,1H3. The fraction of sp³-hybridized carbons (Fsp3) is 0.389. The number of aromatic nitrogens is 1. The van der Waals surface area contributed by atoms with Crippen molar-refractivity contribution in [3.63, 3.8) is 0 Å². The zero-order valence-electron chi connectivity index (χ0n) is 14.3. The Labute approximate surface area is 157 Å². The molecule has 2 unspecified atom stereocenters. The molecule has 0 bridgehead atoms. The van der Waals surface area contributed by atoms with Gasteiger partial charge in [0.15, 0.2) is 12.1 Å². The summed E-state index contributed by atoms with van der Waals surface area (Å²) in [6, 6.07) is 8.07. The first kappa shape index (κ1) is 19.1. The average molecular weight is 398 g/mol. The van der Waals surface area contributed by atoms with Gasteiger partial charge in [-0.25, -0.2) is 12.4 Å². The molecule has 140 valence electrons. The molecule has 2 atom stereocenters. The Morgan fingerprint density at radius 3 is 2.65 bits per heavy atom. The summed E-state index contributed by atoms with van der Waals surface area (Å²) in [4.78, 5) is 12.5. The topological polar surface area (TPSA) is 74.6 Å². The molecule has 6 nitrogen and oxygen atoms in total. The molecule has 26 heavy (non-hydrogen) atoms. The van der Waals surface area contributed by atoms with Crippen LogP contribution < -0.4 is 0 Å². The second-order valence-electron chi connectivity index (χ2n) is 6.19. The summed E-state index contributed by atoms with van der Waals surface area (Å²) in [5.41, 5.74) is 1.31. The summed E-state index contributed by atoms with van der Waals surface area (Å²) in [7, 11) is -3.71. The Bertz CT molecular complexity index is 875. The molecule has 1 aromatic heterocycles. The summed E-state index contributed by atoms with van der Waals surface area (Å²) in [6.45, 7) is 2.31. The number of halogens is 1. The maximum absolute atomic E-state index is 12.6. The molecular weight excluding hydrogens is 378 g/mol. The summed E-state index contributed by atoms with van der Waals surface area (Å²) in [5.74, 6) is 0.189. The lowest BCUT2D eigenvalue weighted by atomic mass is 10.1. The van der Waals surface area contributed by atoms with Crippen molar-refractivity contribution in [3.05, 3.63) is 53.9 Å². The van der Waals surface area contributed by atoms with Gasteiger partial charge in [-0.05, 0) is 25.1 Å². The number of hydrogen-bond donors (Lipinski definition) is 0. The van der Waals surface area contributed by atoms with Crippen LogP contribution in [-0.2, 0) is 19.5 Å². The van der Waals surface area contributed by atoms with Gasteiger partial charge in [0.25, 0.3) is 10.0 Å². The second kappa shape index (κ2) is 7.92. The van der Waals surface area contributed by atoms with Gasteiger partial charge in [-0.2, -0.15) is 0 Å². The minimum atomic E-state index is -3.71. The molecule has 3 rings (SSSR count). The van der Waals surface area contributed by atoms with E-state index >= 15 is 0 Å². The number of hydrogen-bond acceptors (Lipinski definition) is 5. The predicted octanol–water partition coefficient (Wildman–Crippen LogP) is 2.98. The van der Waals surface area contributed by atoms with Crippen LogP contribution in [0.25, 0.3) is 0 Å². The number of aryl methyl sites for hydroxylation is 1. The minimum Gasteiger partial charge on any atom is -0.350 e. The minimum absolute atomic E-state index is 0.141. The van der Waals surface area contributed by atoms with Crippen LogP contribution in [-0.4, -0.2) is 43.1 Å². The molecule has 2 heterocycles. The smallest absolute Gasteiger partial charge is 0.267 e. The lowest BCUT2D eigenvalue weighted by molar-refractivity contribution is -0.0583. The Morgan fingerprint density at radius 1 is 1.27 bits per heavy atom. The highest BCUT2D eigenvalue weighted by molar-refractivity contribution is 7.90. The molecule has 1 aliphatic rings. The number of ketones is 1. The molecule has 0 amide bonds. The normalized spacial score (nSPS) is 20.4. The van der Waals surface area contributed by atoms with Crippen molar-refractivity contribution < 1.29 is 22.7 Å². The van der Waals surface area contributed by atoms with Crippen LogP contribution in [0.4, 0.5) is 0 Å². The van der Waals surface area contributed by atoms with Crippen LogP contribution in [0.5, 0.6) is 0 Å². The molecule has 0 N–H and O–H groups in total. The second-order valence-corrected chi connectivity index (χ2v) is 8.34. The van der Waals surface area contributed by atoms with E-state index in [1.165, 1.54) is 18.5 Å². The molecule has 8 heteroatoms. The molecule has 0 aliphatic carbocycles. The van der Waals surface area contributed by atoms with Gasteiger partial charge in [-0.3, -0.25) is 4.79 Å². The lowest BCUT2D eigenvalue weighted by Gasteiger charge is -2.09. The van der Waals surface area contributed by atoms with Crippen molar-refractivity contribution >= 4 is 27.4 Å². The van der Waals surface area contributed by atoms with Gasteiger partial charge >= 0.3 is 0 Å². The highest BCUT2D eigenvalue weighted by Gasteiger charge is 2.26. The maximum Gasteiger partial charge on any atom is 0.267 e. The van der Waals surface area contributed by atoms with E-state index in [-0.39, 0.29) is 23.2 Å². The lowest BCUT2D eigenvalue weighted by Crippen LogP contribution is -2.15. The first-order valence-corrected chi connectivity index (χ1v) is 10.2. The van der Waals surface area contributed by atoms with Crippen LogP contribution >= 0.6 is 11.6 Å². The van der Waals surface area contributed by atoms with Crippen molar-refractivity contribution in [2.45, 2.75) is 37.1 Å². The number of ether oxygens (including phenoxy) is 2. The van der Waals surface area contributed by atoms with E-state index in [2.05, 4.69) is 0 Å². The van der Waals surface area contributed by atoms with Gasteiger partial charge in [0.2, 0.25) is 0 Å². The SMILES string of the molecule is Cc1ccc(S(=O)(=O)n2ccc(C(=O)CCC3OCC(CCl)O3)c2)cc1. The molecule has 0 radical (unpaired) electrons. The number of rotatable bonds is 7. The Kier molecular flexibility index (Phi) is 5.82. The quantitative estimate of drug-likeness (QED) is 0.530. The van der Waals surface area contributed by atoms with Gasteiger partial charge in [0.05, 0.1) is 23.5 Å². The fourth-order valence-corrected chi connectivity index (χ4v) is 4.02. The Hall–Kier alpha value is -1.67. The highest BCUT2D eigenvalue weighted by Crippen LogP contribution is 2.20. The van der Waals surface area contributed by atoms with Gasteiger partial charge < -0.3 is 9.47 Å². The first-order valence-electron chi connectivity index (χ1n) is 8.26. The third kappa shape index (κ3) is 4.17. The largest absolute Gasteiger partial charge is 0.350 e. The number of carbonyl (C=O) groups excluding carboxylic acids is 1. The Morgan fingerprint density at radius 2 is 2.00 bits per heavy atom. The third-order valence-corrected chi connectivity index (χ3v) is 6.17. The monoisotopic (exact) mass is 397 g/mol. The van der Waals surface area contributed by atoms with Gasteiger partial charge in [0.1, 0.15) is 0 Å². The first-order chi connectivity index (χ1) is 12.4. The number of carbonyl (C=O) groups is 1. The summed E-state index contributed by atoms with van der Waals surface area (Å²) < 4.78 is 37.2. The summed E-state index contributed by atoms with van der Waals surface area (Å²) in [5, 5.41) is 0. The van der Waals surface area contributed by atoms with Crippen LogP contribution in [0.3, 0.4) is 0 Å². The molecule has 0 saturated carbocycles. The maximum atomic E-state index is 12.6. The highest BCUT2D eigenvalue weighted by atomic mass is 35.5. The van der Waals surface area contributed by atoms with Gasteiger partial charge in [-0.15, -0.1) is 11.6 Å². The number of nitrogens with zero attached hydrogens (tertiary/aromatic N) is 1. The average Bonchev–Trinajstić information content (AvgIpc) is 3.30. The zero-order chi connectivity index (χ0) is 18.7. The molecule has 1 fully saturated rings. The van der Waals surface area contributed by atoms with Gasteiger partial charge in [0, 0.05) is 30.8 Å². The number of Topliss-reactive ketones (excluding diaryl/α,β-unsaturated/α-hetero) is 1. The van der Waals surface area contributed by atoms with E-state index in [1.807, 2.05) is 6.92 Å². The van der Waals surface area contributed by atoms with Crippen LogP contribution in [0.1, 0.15) is 28.8 Å². The van der Waals surface area contributed by atoms with Crippen LogP contribution in [0.2, 0.25) is 0 Å². The van der Waals surface area contributed by atoms with E-state index in [9.17, 15) is 13.2 Å². The number of alkyl halides is 1. The van der Waals surface area contributed by atoms with E-state index in [1.54, 1.807) is 24.3 Å². The van der Waals surface area contributed by atoms with Gasteiger partial charge in [-0.1, -0.05) is 17.7 Å². The Balaban J connectivity index is 1.65. The molecule has 0 spiro atoms. The predicted molar refractivity (Wildman–Crippen MR) is 97.1 cm³/mol. The third-order valence-electron chi connectivity index (χ3n) is 4.18. The zero-order valence-corrected chi connectivity index (χ0v) is 15.9. The van der Waals surface area contributed by atoms with Crippen molar-refractivity contribution in [2.75, 3.05) is 12.5 Å². The van der Waals surface area contributed by atoms with Crippen LogP contribution in [0, 0.1) is 6.92 Å².